The van der Waals surface area contributed by atoms with E-state index in [9.17, 15) is 0 Å². The first-order valence-electron chi connectivity index (χ1n) is 16.7. The van der Waals surface area contributed by atoms with Crippen molar-refractivity contribution in [3.8, 4) is 28.3 Å². The van der Waals surface area contributed by atoms with Crippen molar-refractivity contribution in [1.82, 2.24) is 14.5 Å². The van der Waals surface area contributed by atoms with Gasteiger partial charge in [-0.3, -0.25) is 0 Å². The van der Waals surface area contributed by atoms with Gasteiger partial charge in [0, 0.05) is 64.5 Å². The van der Waals surface area contributed by atoms with Crippen LogP contribution in [0.1, 0.15) is 11.5 Å². The van der Waals surface area contributed by atoms with Crippen molar-refractivity contribution in [1.29, 1.82) is 0 Å². The molecule has 49 heavy (non-hydrogen) atoms. The van der Waals surface area contributed by atoms with Crippen LogP contribution in [0.3, 0.4) is 0 Å². The molecule has 0 bridgehead atoms. The Kier molecular flexibility index (Phi) is 5.89. The highest BCUT2D eigenvalue weighted by atomic mass is 32.2. The molecule has 2 atom stereocenters. The maximum Gasteiger partial charge on any atom is 0.161 e. The molecule has 0 amide bonds. The predicted molar refractivity (Wildman–Crippen MR) is 208 cm³/mol. The normalized spacial score (nSPS) is 16.7. The van der Waals surface area contributed by atoms with Gasteiger partial charge in [0.05, 0.1) is 16.7 Å². The molecule has 0 spiro atoms. The Labute approximate surface area is 290 Å². The monoisotopic (exact) mass is 661 g/mol. The van der Waals surface area contributed by atoms with E-state index in [0.29, 0.717) is 11.2 Å². The van der Waals surface area contributed by atoms with E-state index < -0.39 is 0 Å². The lowest BCUT2D eigenvalue weighted by Gasteiger charge is -2.17. The summed E-state index contributed by atoms with van der Waals surface area (Å²) in [6, 6.07) is 45.8. The summed E-state index contributed by atoms with van der Waals surface area (Å²) in [5, 5.41) is 8.07. The Morgan fingerprint density at radius 2 is 1.29 bits per heavy atom. The molecule has 4 heterocycles. The van der Waals surface area contributed by atoms with E-state index in [1.165, 1.54) is 53.1 Å². The zero-order valence-corrected chi connectivity index (χ0v) is 27.9. The molecule has 3 aromatic heterocycles. The second-order valence-corrected chi connectivity index (χ2v) is 15.0. The molecule has 6 aromatic carbocycles. The van der Waals surface area contributed by atoms with Crippen molar-refractivity contribution in [2.75, 3.05) is 0 Å². The molecule has 0 radical (unpaired) electrons. The first kappa shape index (κ1) is 27.5. The van der Waals surface area contributed by atoms with Crippen molar-refractivity contribution in [3.63, 3.8) is 0 Å². The molecular weight excluding hydrogens is 635 g/mol. The minimum atomic E-state index is 0.388. The predicted octanol–water partition coefficient (Wildman–Crippen LogP) is 12.1. The number of aromatic nitrogens is 3. The molecule has 2 unspecified atom stereocenters. The Bertz CT molecular complexity index is 2860. The molecule has 0 fully saturated rings. The summed E-state index contributed by atoms with van der Waals surface area (Å²) in [7, 11) is 0. The standard InChI is InChI=1S/C44H27N3S2/c1-2-12-27(13-3-1)43-45-40(38-33-18-8-11-21-36(33)49-44(38)46-43)26-22-24-28(25-23-26)47-34-19-9-6-16-31(34)39-41(47)30-15-5-4-14-29(30)37-32-17-7-10-20-35(32)48-42(37)39/h1-25,32,35H. The Hall–Kier alpha value is -5.49. The zero-order chi connectivity index (χ0) is 32.1. The van der Waals surface area contributed by atoms with Crippen LogP contribution < -0.4 is 0 Å². The van der Waals surface area contributed by atoms with Gasteiger partial charge in [0.2, 0.25) is 0 Å². The summed E-state index contributed by atoms with van der Waals surface area (Å²) in [5.41, 5.74) is 8.20. The molecule has 2 aliphatic rings. The van der Waals surface area contributed by atoms with E-state index in [0.717, 1.165) is 38.5 Å². The fraction of sp³-hybridized carbons (Fsp3) is 0.0455. The van der Waals surface area contributed by atoms with Crippen LogP contribution in [-0.2, 0) is 0 Å². The van der Waals surface area contributed by atoms with Gasteiger partial charge >= 0.3 is 0 Å². The summed E-state index contributed by atoms with van der Waals surface area (Å²) in [6.07, 6.45) is 9.19. The minimum absolute atomic E-state index is 0.388. The van der Waals surface area contributed by atoms with Crippen LogP contribution in [0.4, 0.5) is 0 Å². The van der Waals surface area contributed by atoms with Crippen LogP contribution in [0.15, 0.2) is 157 Å². The van der Waals surface area contributed by atoms with Crippen molar-refractivity contribution in [2.45, 2.75) is 16.1 Å². The van der Waals surface area contributed by atoms with E-state index in [1.807, 2.05) is 30.0 Å². The molecule has 230 valence electrons. The smallest absolute Gasteiger partial charge is 0.161 e. The lowest BCUT2D eigenvalue weighted by atomic mass is 9.87. The summed E-state index contributed by atoms with van der Waals surface area (Å²) < 4.78 is 3.71. The third-order valence-corrected chi connectivity index (χ3v) is 12.6. The molecular formula is C44H27N3S2. The fourth-order valence-corrected chi connectivity index (χ4v) is 10.6. The summed E-state index contributed by atoms with van der Waals surface area (Å²) >= 11 is 3.76. The van der Waals surface area contributed by atoms with Crippen LogP contribution in [-0.4, -0.2) is 19.8 Å². The van der Waals surface area contributed by atoms with Crippen molar-refractivity contribution >= 4 is 76.0 Å². The SMILES string of the molecule is C1=CC2Sc3c(c4ccccc4c4c3c3ccccc3n4-c3ccc(-c4nc(-c5ccccc5)nc5sc6ccccc6c45)cc3)C2C=C1. The Balaban J connectivity index is 1.16. The average molecular weight is 662 g/mol. The largest absolute Gasteiger partial charge is 0.309 e. The first-order valence-corrected chi connectivity index (χ1v) is 18.4. The van der Waals surface area contributed by atoms with Crippen LogP contribution >= 0.6 is 23.1 Å². The molecule has 1 aliphatic carbocycles. The van der Waals surface area contributed by atoms with Crippen LogP contribution in [0.25, 0.3) is 81.2 Å². The minimum Gasteiger partial charge on any atom is -0.309 e. The molecule has 3 nitrogen and oxygen atoms in total. The molecule has 0 saturated carbocycles. The Morgan fingerprint density at radius 3 is 2.14 bits per heavy atom. The maximum atomic E-state index is 5.25. The highest BCUT2D eigenvalue weighted by molar-refractivity contribution is 8.00. The van der Waals surface area contributed by atoms with Gasteiger partial charge in [-0.05, 0) is 35.2 Å². The number of para-hydroxylation sites is 1. The number of benzene rings is 6. The molecule has 11 rings (SSSR count). The second-order valence-electron chi connectivity index (χ2n) is 12.8. The number of rotatable bonds is 3. The molecule has 5 heteroatoms. The molecule has 9 aromatic rings. The number of thiophene rings is 1. The summed E-state index contributed by atoms with van der Waals surface area (Å²) in [6.45, 7) is 0. The van der Waals surface area contributed by atoms with Crippen LogP contribution in [0.5, 0.6) is 0 Å². The summed E-state index contributed by atoms with van der Waals surface area (Å²) in [4.78, 5) is 12.8. The molecule has 0 saturated heterocycles. The lowest BCUT2D eigenvalue weighted by Crippen LogP contribution is -2.07. The number of hydrogen-bond acceptors (Lipinski definition) is 4. The van der Waals surface area contributed by atoms with E-state index in [-0.39, 0.29) is 0 Å². The number of thioether (sulfide) groups is 1. The highest BCUT2D eigenvalue weighted by Gasteiger charge is 2.36. The van der Waals surface area contributed by atoms with Crippen molar-refractivity contribution < 1.29 is 0 Å². The van der Waals surface area contributed by atoms with Gasteiger partial charge in [-0.15, -0.1) is 23.1 Å². The zero-order valence-electron chi connectivity index (χ0n) is 26.2. The second kappa shape index (κ2) is 10.5. The number of allylic oxidation sites excluding steroid dienone is 3. The van der Waals surface area contributed by atoms with Crippen LogP contribution in [0, 0.1) is 0 Å². The quantitative estimate of drug-likeness (QED) is 0.189. The van der Waals surface area contributed by atoms with Crippen molar-refractivity contribution in [3.05, 3.63) is 157 Å². The van der Waals surface area contributed by atoms with Gasteiger partial charge in [0.25, 0.3) is 0 Å². The molecule has 1 aliphatic heterocycles. The topological polar surface area (TPSA) is 30.7 Å². The maximum absolute atomic E-state index is 5.25. The van der Waals surface area contributed by atoms with E-state index >= 15 is 0 Å². The average Bonchev–Trinajstić information content (AvgIpc) is 3.85. The third kappa shape index (κ3) is 3.97. The lowest BCUT2D eigenvalue weighted by molar-refractivity contribution is 0.892. The molecule has 0 N–H and O–H groups in total. The number of fused-ring (bicyclic) bond motifs is 13. The fourth-order valence-electron chi connectivity index (χ4n) is 8.04. The third-order valence-electron chi connectivity index (χ3n) is 10.2. The van der Waals surface area contributed by atoms with Gasteiger partial charge in [0.1, 0.15) is 4.83 Å². The van der Waals surface area contributed by atoms with Gasteiger partial charge in [0.15, 0.2) is 5.82 Å². The first-order chi connectivity index (χ1) is 24.3. The van der Waals surface area contributed by atoms with Crippen molar-refractivity contribution in [2.24, 2.45) is 0 Å². The van der Waals surface area contributed by atoms with E-state index in [4.69, 9.17) is 9.97 Å². The van der Waals surface area contributed by atoms with Gasteiger partial charge in [-0.1, -0.05) is 127 Å². The van der Waals surface area contributed by atoms with E-state index in [1.54, 1.807) is 11.3 Å². The summed E-state index contributed by atoms with van der Waals surface area (Å²) in [5.74, 6) is 1.14. The van der Waals surface area contributed by atoms with E-state index in [2.05, 4.69) is 138 Å². The van der Waals surface area contributed by atoms with Gasteiger partial charge < -0.3 is 4.57 Å². The highest BCUT2D eigenvalue weighted by Crippen LogP contribution is 2.56. The van der Waals surface area contributed by atoms with Gasteiger partial charge in [-0.25, -0.2) is 9.97 Å². The number of nitrogens with zero attached hydrogens (tertiary/aromatic N) is 3. The van der Waals surface area contributed by atoms with Gasteiger partial charge in [-0.2, -0.15) is 0 Å². The number of hydrogen-bond donors (Lipinski definition) is 0. The Morgan fingerprint density at radius 1 is 0.571 bits per heavy atom. The van der Waals surface area contributed by atoms with Crippen LogP contribution in [0.2, 0.25) is 0 Å².